The molecule has 1 aromatic carbocycles. The van der Waals surface area contributed by atoms with Gasteiger partial charge in [0, 0.05) is 17.1 Å². The number of benzene rings is 1. The molecule has 0 radical (unpaired) electrons. The number of nitrogens with one attached hydrogen (secondary N) is 2. The third-order valence-corrected chi connectivity index (χ3v) is 3.96. The molecule has 10 heteroatoms. The molecule has 0 atom stereocenters. The van der Waals surface area contributed by atoms with Crippen LogP contribution in [0.3, 0.4) is 0 Å². The van der Waals surface area contributed by atoms with Crippen LogP contribution in [0.25, 0.3) is 0 Å². The first-order valence-electron chi connectivity index (χ1n) is 7.79. The zero-order valence-corrected chi connectivity index (χ0v) is 16.3. The molecular weight excluding hydrogens is 423 g/mol. The fraction of sp³-hybridized carbons (Fsp3) is 0.235. The van der Waals surface area contributed by atoms with E-state index in [1.807, 2.05) is 0 Å². The van der Waals surface area contributed by atoms with E-state index in [0.717, 1.165) is 4.68 Å². The molecule has 0 bridgehead atoms. The van der Waals surface area contributed by atoms with Gasteiger partial charge in [-0.2, -0.15) is 5.10 Å². The molecule has 2 N–H and O–H groups in total. The van der Waals surface area contributed by atoms with Crippen molar-refractivity contribution in [2.45, 2.75) is 6.92 Å². The van der Waals surface area contributed by atoms with Crippen molar-refractivity contribution in [2.75, 3.05) is 18.5 Å². The number of halogens is 2. The summed E-state index contributed by atoms with van der Waals surface area (Å²) in [5.74, 6) is -1.26. The molecule has 2 aromatic rings. The van der Waals surface area contributed by atoms with E-state index >= 15 is 0 Å². The van der Waals surface area contributed by atoms with Gasteiger partial charge in [-0.15, -0.1) is 0 Å². The van der Waals surface area contributed by atoms with Gasteiger partial charge < -0.3 is 10.1 Å². The van der Waals surface area contributed by atoms with Gasteiger partial charge in [0.15, 0.2) is 5.69 Å². The van der Waals surface area contributed by atoms with Gasteiger partial charge in [0.1, 0.15) is 19.0 Å². The summed E-state index contributed by atoms with van der Waals surface area (Å²) in [6.07, 6.45) is 1.25. The van der Waals surface area contributed by atoms with Crippen molar-refractivity contribution in [1.82, 2.24) is 15.3 Å². The zero-order valence-electron chi connectivity index (χ0n) is 14.7. The van der Waals surface area contributed by atoms with Crippen molar-refractivity contribution in [1.29, 1.82) is 0 Å². The Morgan fingerprint density at radius 2 is 2.19 bits per heavy atom. The van der Waals surface area contributed by atoms with E-state index in [0.29, 0.717) is 4.47 Å². The number of rotatable bonds is 8. The normalized spacial score (nSPS) is 10.4. The van der Waals surface area contributed by atoms with Crippen LogP contribution in [0.5, 0.6) is 0 Å². The summed E-state index contributed by atoms with van der Waals surface area (Å²) in [7, 11) is 1.41. The number of nitrogens with zero attached hydrogens (tertiary/aromatic N) is 2. The SMILES string of the molecule is C=COCCONC(=O)c1nn(C)c(=O)c(C)c1Nc1ccc(Br)cc1F. The lowest BCUT2D eigenvalue weighted by molar-refractivity contribution is 0.0140. The van der Waals surface area contributed by atoms with E-state index in [1.165, 1.54) is 32.4 Å². The minimum atomic E-state index is -0.702. The van der Waals surface area contributed by atoms with E-state index in [1.54, 1.807) is 6.07 Å². The Morgan fingerprint density at radius 1 is 1.44 bits per heavy atom. The lowest BCUT2D eigenvalue weighted by atomic mass is 10.2. The number of anilines is 2. The first kappa shape index (κ1) is 20.6. The second-order valence-corrected chi connectivity index (χ2v) is 6.26. The maximum absolute atomic E-state index is 14.2. The number of hydrogen-bond acceptors (Lipinski definition) is 6. The van der Waals surface area contributed by atoms with Gasteiger partial charge in [-0.05, 0) is 25.1 Å². The Labute approximate surface area is 163 Å². The molecular formula is C17H18BrFN4O4. The third-order valence-electron chi connectivity index (χ3n) is 3.47. The van der Waals surface area contributed by atoms with Crippen molar-refractivity contribution >= 4 is 33.2 Å². The minimum Gasteiger partial charge on any atom is -0.499 e. The molecule has 0 fully saturated rings. The Hall–Kier alpha value is -2.72. The highest BCUT2D eigenvalue weighted by atomic mass is 79.9. The van der Waals surface area contributed by atoms with Crippen LogP contribution in [-0.4, -0.2) is 28.9 Å². The van der Waals surface area contributed by atoms with Crippen molar-refractivity contribution in [3.8, 4) is 0 Å². The highest BCUT2D eigenvalue weighted by Gasteiger charge is 2.20. The average Bonchev–Trinajstić information content (AvgIpc) is 2.63. The fourth-order valence-corrected chi connectivity index (χ4v) is 2.48. The number of hydroxylamine groups is 1. The average molecular weight is 441 g/mol. The number of carbonyl (C=O) groups excluding carboxylic acids is 1. The predicted molar refractivity (Wildman–Crippen MR) is 101 cm³/mol. The van der Waals surface area contributed by atoms with E-state index in [-0.39, 0.29) is 35.8 Å². The van der Waals surface area contributed by atoms with Gasteiger partial charge in [0.05, 0.1) is 17.6 Å². The number of ether oxygens (including phenoxy) is 1. The lowest BCUT2D eigenvalue weighted by Gasteiger charge is -2.15. The molecule has 0 spiro atoms. The number of amides is 1. The monoisotopic (exact) mass is 440 g/mol. The van der Waals surface area contributed by atoms with Crippen LogP contribution in [0.1, 0.15) is 16.1 Å². The molecule has 27 heavy (non-hydrogen) atoms. The van der Waals surface area contributed by atoms with Gasteiger partial charge >= 0.3 is 0 Å². The quantitative estimate of drug-likeness (QED) is 0.372. The van der Waals surface area contributed by atoms with Crippen LogP contribution in [0.4, 0.5) is 15.8 Å². The van der Waals surface area contributed by atoms with Crippen molar-refractivity contribution in [3.63, 3.8) is 0 Å². The molecule has 0 aliphatic carbocycles. The molecule has 144 valence electrons. The molecule has 0 saturated heterocycles. The van der Waals surface area contributed by atoms with Crippen LogP contribution in [0.15, 0.2) is 40.3 Å². The van der Waals surface area contributed by atoms with Gasteiger partial charge in [0.2, 0.25) is 0 Å². The van der Waals surface area contributed by atoms with Gasteiger partial charge in [-0.3, -0.25) is 14.4 Å². The van der Waals surface area contributed by atoms with Crippen LogP contribution >= 0.6 is 15.9 Å². The Kier molecular flexibility index (Phi) is 7.08. The number of carbonyl (C=O) groups is 1. The zero-order chi connectivity index (χ0) is 20.0. The lowest BCUT2D eigenvalue weighted by Crippen LogP contribution is -2.32. The van der Waals surface area contributed by atoms with E-state index < -0.39 is 17.3 Å². The topological polar surface area (TPSA) is 94.5 Å². The number of aromatic nitrogens is 2. The number of aryl methyl sites for hydroxylation is 1. The summed E-state index contributed by atoms with van der Waals surface area (Å²) in [5, 5.41) is 6.73. The van der Waals surface area contributed by atoms with Gasteiger partial charge in [-0.25, -0.2) is 14.6 Å². The van der Waals surface area contributed by atoms with E-state index in [2.05, 4.69) is 38.4 Å². The summed E-state index contributed by atoms with van der Waals surface area (Å²) in [5.41, 5.74) is 2.04. The largest absolute Gasteiger partial charge is 0.499 e. The highest BCUT2D eigenvalue weighted by Crippen LogP contribution is 2.25. The molecule has 1 heterocycles. The maximum atomic E-state index is 14.2. The van der Waals surface area contributed by atoms with Crippen molar-refractivity contribution in [2.24, 2.45) is 7.05 Å². The first-order valence-corrected chi connectivity index (χ1v) is 8.59. The third kappa shape index (κ3) is 5.14. The summed E-state index contributed by atoms with van der Waals surface area (Å²) in [6, 6.07) is 4.35. The summed E-state index contributed by atoms with van der Waals surface area (Å²) < 4.78 is 20.6. The van der Waals surface area contributed by atoms with Crippen LogP contribution < -0.4 is 16.4 Å². The van der Waals surface area contributed by atoms with E-state index in [4.69, 9.17) is 9.57 Å². The predicted octanol–water partition coefficient (Wildman–Crippen LogP) is 2.56. The van der Waals surface area contributed by atoms with Gasteiger partial charge in [-0.1, -0.05) is 22.5 Å². The summed E-state index contributed by atoms with van der Waals surface area (Å²) in [6.45, 7) is 5.17. The molecule has 8 nitrogen and oxygen atoms in total. The smallest absolute Gasteiger partial charge is 0.297 e. The second-order valence-electron chi connectivity index (χ2n) is 5.34. The van der Waals surface area contributed by atoms with Crippen molar-refractivity contribution in [3.05, 3.63) is 62.9 Å². The van der Waals surface area contributed by atoms with Crippen LogP contribution in [0.2, 0.25) is 0 Å². The van der Waals surface area contributed by atoms with Crippen LogP contribution in [-0.2, 0) is 16.6 Å². The van der Waals surface area contributed by atoms with Gasteiger partial charge in [0.25, 0.3) is 11.5 Å². The summed E-state index contributed by atoms with van der Waals surface area (Å²) in [4.78, 5) is 29.6. The molecule has 2 rings (SSSR count). The Bertz CT molecular complexity index is 917. The van der Waals surface area contributed by atoms with Crippen molar-refractivity contribution < 1.29 is 18.8 Å². The fourth-order valence-electron chi connectivity index (χ4n) is 2.15. The van der Waals surface area contributed by atoms with E-state index in [9.17, 15) is 14.0 Å². The highest BCUT2D eigenvalue weighted by molar-refractivity contribution is 9.10. The minimum absolute atomic E-state index is 0.0760. The molecule has 0 unspecified atom stereocenters. The first-order chi connectivity index (χ1) is 12.8. The maximum Gasteiger partial charge on any atom is 0.297 e. The second kappa shape index (κ2) is 9.28. The molecule has 1 aromatic heterocycles. The Balaban J connectivity index is 2.32. The number of hydrogen-bond donors (Lipinski definition) is 2. The standard InChI is InChI=1S/C17H18BrFN4O4/c1-4-26-7-8-27-22-16(24)15-14(10(2)17(25)23(3)21-15)20-13-6-5-11(18)9-12(13)19/h4-6,9,20H,1,7-8H2,2-3H3,(H,22,24). The summed E-state index contributed by atoms with van der Waals surface area (Å²) >= 11 is 3.17. The molecule has 0 aliphatic heterocycles. The molecule has 0 saturated carbocycles. The molecule has 0 aliphatic rings. The Morgan fingerprint density at radius 3 is 2.85 bits per heavy atom. The van der Waals surface area contributed by atoms with Crippen LogP contribution in [0, 0.1) is 12.7 Å². The molecule has 1 amide bonds.